The summed E-state index contributed by atoms with van der Waals surface area (Å²) in [6.07, 6.45) is 1.94. The first kappa shape index (κ1) is 13.5. The van der Waals surface area contributed by atoms with Gasteiger partial charge in [-0.3, -0.25) is 9.59 Å². The van der Waals surface area contributed by atoms with E-state index in [2.05, 4.69) is 10.2 Å². The molecule has 1 unspecified atom stereocenters. The fourth-order valence-electron chi connectivity index (χ4n) is 1.98. The van der Waals surface area contributed by atoms with E-state index in [0.717, 1.165) is 25.9 Å². The third-order valence-electron chi connectivity index (χ3n) is 2.99. The number of amides is 2. The highest BCUT2D eigenvalue weighted by Gasteiger charge is 2.27. The maximum absolute atomic E-state index is 11.7. The Kier molecular flexibility index (Phi) is 4.91. The number of hydrogen-bond acceptors (Lipinski definition) is 4. The molecule has 6 heteroatoms. The second-order valence-corrected chi connectivity index (χ2v) is 4.32. The lowest BCUT2D eigenvalue weighted by atomic mass is 10.1. The van der Waals surface area contributed by atoms with Crippen LogP contribution in [0.15, 0.2) is 0 Å². The van der Waals surface area contributed by atoms with Gasteiger partial charge in [0, 0.05) is 19.6 Å². The van der Waals surface area contributed by atoms with E-state index in [1.165, 1.54) is 4.90 Å². The topological polar surface area (TPSA) is 76.4 Å². The first-order valence-corrected chi connectivity index (χ1v) is 5.66. The van der Waals surface area contributed by atoms with E-state index in [1.807, 2.05) is 7.05 Å². The molecule has 1 fully saturated rings. The zero-order chi connectivity index (χ0) is 12.8. The summed E-state index contributed by atoms with van der Waals surface area (Å²) < 4.78 is 0. The fraction of sp³-hybridized carbons (Fsp3) is 0.727. The minimum absolute atomic E-state index is 0.0779. The Morgan fingerprint density at radius 1 is 1.59 bits per heavy atom. The van der Waals surface area contributed by atoms with Crippen molar-refractivity contribution < 1.29 is 9.59 Å². The van der Waals surface area contributed by atoms with E-state index in [1.54, 1.807) is 13.1 Å². The predicted octanol–water partition coefficient (Wildman–Crippen LogP) is -0.821. The van der Waals surface area contributed by atoms with Gasteiger partial charge in [-0.25, -0.2) is 0 Å². The molecular weight excluding hydrogens is 220 g/mol. The van der Waals surface area contributed by atoms with Gasteiger partial charge in [-0.05, 0) is 26.4 Å². The van der Waals surface area contributed by atoms with Gasteiger partial charge in [-0.15, -0.1) is 0 Å². The number of carbonyl (C=O) groups is 2. The Morgan fingerprint density at radius 2 is 2.29 bits per heavy atom. The summed E-state index contributed by atoms with van der Waals surface area (Å²) >= 11 is 0. The fourth-order valence-corrected chi connectivity index (χ4v) is 1.98. The van der Waals surface area contributed by atoms with Crippen molar-refractivity contribution in [2.75, 3.05) is 33.7 Å². The van der Waals surface area contributed by atoms with Crippen LogP contribution in [0.2, 0.25) is 0 Å². The number of piperidine rings is 1. The first-order valence-electron chi connectivity index (χ1n) is 5.66. The maximum atomic E-state index is 11.7. The van der Waals surface area contributed by atoms with E-state index >= 15 is 0 Å². The van der Waals surface area contributed by atoms with Gasteiger partial charge in [-0.2, -0.15) is 5.26 Å². The molecule has 0 aromatic carbocycles. The molecule has 2 amide bonds. The lowest BCUT2D eigenvalue weighted by Crippen LogP contribution is -2.51. The number of likely N-dealkylation sites (N-methyl/N-ethyl adjacent to an activating group) is 2. The van der Waals surface area contributed by atoms with Crippen molar-refractivity contribution in [3.8, 4) is 6.07 Å². The van der Waals surface area contributed by atoms with Gasteiger partial charge in [0.25, 0.3) is 0 Å². The molecule has 1 aliphatic heterocycles. The van der Waals surface area contributed by atoms with Crippen molar-refractivity contribution >= 4 is 11.8 Å². The van der Waals surface area contributed by atoms with Crippen LogP contribution in [0.4, 0.5) is 0 Å². The molecule has 1 aliphatic rings. The standard InChI is InChI=1S/C11H18N4O2/c1-14-7-3-4-9(8-14)15(2)11(17)10(16)13-6-5-12/h9H,3-4,6-8H2,1-2H3,(H,13,16). The number of nitrogens with zero attached hydrogens (tertiary/aromatic N) is 3. The molecule has 17 heavy (non-hydrogen) atoms. The summed E-state index contributed by atoms with van der Waals surface area (Å²) in [5.74, 6) is -1.28. The van der Waals surface area contributed by atoms with Gasteiger partial charge >= 0.3 is 11.8 Å². The van der Waals surface area contributed by atoms with Gasteiger partial charge in [0.05, 0.1) is 6.07 Å². The quantitative estimate of drug-likeness (QED) is 0.503. The van der Waals surface area contributed by atoms with Gasteiger partial charge < -0.3 is 15.1 Å². The normalized spacial score (nSPS) is 20.4. The zero-order valence-corrected chi connectivity index (χ0v) is 10.3. The molecule has 0 aliphatic carbocycles. The largest absolute Gasteiger partial charge is 0.335 e. The van der Waals surface area contributed by atoms with Crippen molar-refractivity contribution in [3.05, 3.63) is 0 Å². The molecule has 1 atom stereocenters. The second kappa shape index (κ2) is 6.21. The van der Waals surface area contributed by atoms with Crippen LogP contribution >= 0.6 is 0 Å². The monoisotopic (exact) mass is 238 g/mol. The van der Waals surface area contributed by atoms with Crippen LogP contribution in [0.3, 0.4) is 0 Å². The first-order chi connectivity index (χ1) is 8.06. The molecule has 94 valence electrons. The van der Waals surface area contributed by atoms with Gasteiger partial charge in [0.15, 0.2) is 0 Å². The van der Waals surface area contributed by atoms with Crippen molar-refractivity contribution in [1.82, 2.24) is 15.1 Å². The van der Waals surface area contributed by atoms with E-state index < -0.39 is 11.8 Å². The molecule has 1 saturated heterocycles. The Hall–Kier alpha value is -1.61. The predicted molar refractivity (Wildman–Crippen MR) is 61.9 cm³/mol. The molecule has 0 saturated carbocycles. The molecule has 0 aromatic heterocycles. The lowest BCUT2D eigenvalue weighted by molar-refractivity contribution is -0.146. The summed E-state index contributed by atoms with van der Waals surface area (Å²) in [5, 5.41) is 10.6. The van der Waals surface area contributed by atoms with Crippen LogP contribution < -0.4 is 5.32 Å². The van der Waals surface area contributed by atoms with Crippen LogP contribution in [0.25, 0.3) is 0 Å². The van der Waals surface area contributed by atoms with Gasteiger partial charge in [0.2, 0.25) is 0 Å². The average molecular weight is 238 g/mol. The average Bonchev–Trinajstić information content (AvgIpc) is 2.34. The lowest BCUT2D eigenvalue weighted by Gasteiger charge is -2.35. The van der Waals surface area contributed by atoms with Crippen LogP contribution in [0.5, 0.6) is 0 Å². The Bertz CT molecular complexity index is 337. The van der Waals surface area contributed by atoms with Crippen molar-refractivity contribution in [2.45, 2.75) is 18.9 Å². The molecule has 0 aromatic rings. The van der Waals surface area contributed by atoms with Crippen molar-refractivity contribution in [1.29, 1.82) is 5.26 Å². The van der Waals surface area contributed by atoms with Gasteiger partial charge in [0.1, 0.15) is 6.54 Å². The third-order valence-corrected chi connectivity index (χ3v) is 2.99. The minimum Gasteiger partial charge on any atom is -0.335 e. The highest BCUT2D eigenvalue weighted by Crippen LogP contribution is 2.13. The summed E-state index contributed by atoms with van der Waals surface area (Å²) in [6, 6.07) is 1.85. The van der Waals surface area contributed by atoms with E-state index in [-0.39, 0.29) is 12.6 Å². The van der Waals surface area contributed by atoms with Crippen LogP contribution in [0.1, 0.15) is 12.8 Å². The number of hydrogen-bond donors (Lipinski definition) is 1. The highest BCUT2D eigenvalue weighted by molar-refractivity contribution is 6.35. The van der Waals surface area contributed by atoms with Crippen LogP contribution in [0, 0.1) is 11.3 Å². The zero-order valence-electron chi connectivity index (χ0n) is 10.3. The van der Waals surface area contributed by atoms with E-state index in [9.17, 15) is 9.59 Å². The molecular formula is C11H18N4O2. The molecule has 1 rings (SSSR count). The molecule has 1 N–H and O–H groups in total. The summed E-state index contributed by atoms with van der Waals surface area (Å²) in [5.41, 5.74) is 0. The minimum atomic E-state index is -0.706. The Labute approximate surface area is 101 Å². The number of rotatable bonds is 2. The number of carbonyl (C=O) groups excluding carboxylic acids is 2. The van der Waals surface area contributed by atoms with Gasteiger partial charge in [-0.1, -0.05) is 0 Å². The van der Waals surface area contributed by atoms with Crippen LogP contribution in [-0.2, 0) is 9.59 Å². The summed E-state index contributed by atoms with van der Waals surface area (Å²) in [6.45, 7) is 1.68. The third kappa shape index (κ3) is 3.71. The SMILES string of the molecule is CN1CCCC(N(C)C(=O)C(=O)NCC#N)C1. The summed E-state index contributed by atoms with van der Waals surface area (Å²) in [7, 11) is 3.64. The number of nitrogens with one attached hydrogen (secondary N) is 1. The van der Waals surface area contributed by atoms with Crippen LogP contribution in [-0.4, -0.2) is 61.4 Å². The molecule has 1 heterocycles. The Morgan fingerprint density at radius 3 is 2.88 bits per heavy atom. The molecule has 0 radical (unpaired) electrons. The summed E-state index contributed by atoms with van der Waals surface area (Å²) in [4.78, 5) is 26.8. The molecule has 0 bridgehead atoms. The smallest absolute Gasteiger partial charge is 0.311 e. The number of likely N-dealkylation sites (tertiary alicyclic amines) is 1. The number of nitriles is 1. The highest BCUT2D eigenvalue weighted by atomic mass is 16.2. The van der Waals surface area contributed by atoms with E-state index in [0.29, 0.717) is 0 Å². The van der Waals surface area contributed by atoms with Crippen molar-refractivity contribution in [3.63, 3.8) is 0 Å². The Balaban J connectivity index is 2.51. The van der Waals surface area contributed by atoms with E-state index in [4.69, 9.17) is 5.26 Å². The second-order valence-electron chi connectivity index (χ2n) is 4.32. The molecule has 0 spiro atoms. The maximum Gasteiger partial charge on any atom is 0.311 e. The van der Waals surface area contributed by atoms with Crippen molar-refractivity contribution in [2.24, 2.45) is 0 Å². The molecule has 6 nitrogen and oxygen atoms in total.